The standard InChI is InChI=1S/C18H28ClN3O2.2ClH/c1-13(2)10-16(20)18(23)22-8-6-21(7-9-22)12-14-11-15(19)4-5-17(14)24-3;;/h4-5,11,13,16H,6-10,12,20H2,1-3H3;2*1H/t16-;;/m0../s1. The number of ether oxygens (including phenoxy) is 1. The zero-order chi connectivity index (χ0) is 17.7. The van der Waals surface area contributed by atoms with Gasteiger partial charge in [-0.15, -0.1) is 24.8 Å². The number of hydrogen-bond donors (Lipinski definition) is 1. The molecule has 0 saturated carbocycles. The number of benzene rings is 1. The van der Waals surface area contributed by atoms with Crippen molar-refractivity contribution in [3.05, 3.63) is 28.8 Å². The predicted molar refractivity (Wildman–Crippen MR) is 112 cm³/mol. The lowest BCUT2D eigenvalue weighted by molar-refractivity contribution is -0.134. The minimum atomic E-state index is -0.385. The average Bonchev–Trinajstić information content (AvgIpc) is 2.54. The highest BCUT2D eigenvalue weighted by Crippen LogP contribution is 2.24. The number of methoxy groups -OCH3 is 1. The van der Waals surface area contributed by atoms with E-state index in [4.69, 9.17) is 22.1 Å². The van der Waals surface area contributed by atoms with Crippen LogP contribution >= 0.6 is 36.4 Å². The summed E-state index contributed by atoms with van der Waals surface area (Å²) in [6.07, 6.45) is 0.735. The third kappa shape index (κ3) is 7.12. The van der Waals surface area contributed by atoms with Crippen LogP contribution in [0.5, 0.6) is 5.75 Å². The molecule has 0 aromatic heterocycles. The van der Waals surface area contributed by atoms with E-state index in [-0.39, 0.29) is 36.8 Å². The second kappa shape index (κ2) is 11.9. The summed E-state index contributed by atoms with van der Waals surface area (Å²) in [5, 5.41) is 0.708. The van der Waals surface area contributed by atoms with Crippen molar-refractivity contribution in [2.75, 3.05) is 33.3 Å². The van der Waals surface area contributed by atoms with Gasteiger partial charge in [-0.2, -0.15) is 0 Å². The van der Waals surface area contributed by atoms with E-state index in [2.05, 4.69) is 18.7 Å². The summed E-state index contributed by atoms with van der Waals surface area (Å²) in [4.78, 5) is 16.6. The van der Waals surface area contributed by atoms with Gasteiger partial charge in [-0.25, -0.2) is 0 Å². The van der Waals surface area contributed by atoms with Crippen molar-refractivity contribution >= 4 is 42.3 Å². The fourth-order valence-corrected chi connectivity index (χ4v) is 3.28. The Labute approximate surface area is 174 Å². The maximum Gasteiger partial charge on any atom is 0.239 e. The zero-order valence-electron chi connectivity index (χ0n) is 15.6. The number of halogens is 3. The lowest BCUT2D eigenvalue weighted by Crippen LogP contribution is -2.53. The fraction of sp³-hybridized carbons (Fsp3) is 0.611. The van der Waals surface area contributed by atoms with E-state index in [0.717, 1.165) is 37.4 Å². The molecule has 2 rings (SSSR count). The highest BCUT2D eigenvalue weighted by atomic mass is 35.5. The van der Waals surface area contributed by atoms with Crippen molar-refractivity contribution in [1.82, 2.24) is 9.80 Å². The molecule has 8 heteroatoms. The molecule has 1 aromatic carbocycles. The molecule has 1 aromatic rings. The van der Waals surface area contributed by atoms with Crippen LogP contribution in [0, 0.1) is 5.92 Å². The number of hydrogen-bond acceptors (Lipinski definition) is 4. The molecule has 1 saturated heterocycles. The molecule has 0 spiro atoms. The number of piperazine rings is 1. The van der Waals surface area contributed by atoms with Gasteiger partial charge in [-0.3, -0.25) is 9.69 Å². The van der Waals surface area contributed by atoms with Crippen LogP contribution in [0.3, 0.4) is 0 Å². The van der Waals surface area contributed by atoms with Crippen LogP contribution in [0.4, 0.5) is 0 Å². The second-order valence-electron chi connectivity index (χ2n) is 6.79. The molecule has 1 heterocycles. The molecule has 5 nitrogen and oxygen atoms in total. The Kier molecular flexibility index (Phi) is 11.6. The first-order valence-corrected chi connectivity index (χ1v) is 8.87. The molecule has 1 amide bonds. The van der Waals surface area contributed by atoms with Crippen molar-refractivity contribution < 1.29 is 9.53 Å². The van der Waals surface area contributed by atoms with E-state index < -0.39 is 0 Å². The highest BCUT2D eigenvalue weighted by Gasteiger charge is 2.26. The molecule has 1 aliphatic rings. The fourth-order valence-electron chi connectivity index (χ4n) is 3.08. The van der Waals surface area contributed by atoms with Gasteiger partial charge >= 0.3 is 0 Å². The van der Waals surface area contributed by atoms with Crippen LogP contribution in [0.25, 0.3) is 0 Å². The Hall–Kier alpha value is -0.720. The third-order valence-electron chi connectivity index (χ3n) is 4.36. The summed E-state index contributed by atoms with van der Waals surface area (Å²) in [5.41, 5.74) is 7.10. The Morgan fingerprint density at radius 3 is 2.38 bits per heavy atom. The minimum Gasteiger partial charge on any atom is -0.496 e. The number of nitrogens with two attached hydrogens (primary N) is 1. The van der Waals surface area contributed by atoms with Gasteiger partial charge in [-0.05, 0) is 30.5 Å². The van der Waals surface area contributed by atoms with Gasteiger partial charge in [0.05, 0.1) is 13.2 Å². The van der Waals surface area contributed by atoms with Gasteiger partial charge in [0.15, 0.2) is 0 Å². The lowest BCUT2D eigenvalue weighted by atomic mass is 10.0. The smallest absolute Gasteiger partial charge is 0.239 e. The Morgan fingerprint density at radius 1 is 1.23 bits per heavy atom. The predicted octanol–water partition coefficient (Wildman–Crippen LogP) is 3.21. The van der Waals surface area contributed by atoms with E-state index in [0.29, 0.717) is 24.0 Å². The molecule has 1 atom stereocenters. The number of amides is 1. The van der Waals surface area contributed by atoms with E-state index in [1.165, 1.54) is 0 Å². The molecular formula is C18H30Cl3N3O2. The van der Waals surface area contributed by atoms with Crippen LogP contribution in [-0.4, -0.2) is 55.0 Å². The molecule has 1 aliphatic heterocycles. The SMILES string of the molecule is COc1ccc(Cl)cc1CN1CCN(C(=O)[C@@H](N)CC(C)C)CC1.Cl.Cl. The van der Waals surface area contributed by atoms with Crippen molar-refractivity contribution in [2.45, 2.75) is 32.9 Å². The van der Waals surface area contributed by atoms with E-state index in [1.54, 1.807) is 7.11 Å². The van der Waals surface area contributed by atoms with Crippen molar-refractivity contribution in [1.29, 1.82) is 0 Å². The number of rotatable bonds is 6. The topological polar surface area (TPSA) is 58.8 Å². The molecule has 2 N–H and O–H groups in total. The quantitative estimate of drug-likeness (QED) is 0.759. The largest absolute Gasteiger partial charge is 0.496 e. The van der Waals surface area contributed by atoms with E-state index >= 15 is 0 Å². The lowest BCUT2D eigenvalue weighted by Gasteiger charge is -2.36. The first kappa shape index (κ1) is 25.3. The molecular weight excluding hydrogens is 397 g/mol. The van der Waals surface area contributed by atoms with Crippen LogP contribution in [0.15, 0.2) is 18.2 Å². The molecule has 1 fully saturated rings. The van der Waals surface area contributed by atoms with Crippen molar-refractivity contribution in [2.24, 2.45) is 11.7 Å². The van der Waals surface area contributed by atoms with Crippen LogP contribution < -0.4 is 10.5 Å². The second-order valence-corrected chi connectivity index (χ2v) is 7.23. The molecule has 0 aliphatic carbocycles. The van der Waals surface area contributed by atoms with E-state index in [9.17, 15) is 4.79 Å². The minimum absolute atomic E-state index is 0. The van der Waals surface area contributed by atoms with Gasteiger partial charge in [0, 0.05) is 43.3 Å². The van der Waals surface area contributed by atoms with Crippen LogP contribution in [0.2, 0.25) is 5.02 Å². The number of carbonyl (C=O) groups excluding carboxylic acids is 1. The Balaban J connectivity index is 0.00000312. The van der Waals surface area contributed by atoms with Gasteiger partial charge in [-0.1, -0.05) is 25.4 Å². The maximum atomic E-state index is 12.4. The molecule has 26 heavy (non-hydrogen) atoms. The first-order chi connectivity index (χ1) is 11.4. The van der Waals surface area contributed by atoms with Gasteiger partial charge in [0.2, 0.25) is 5.91 Å². The molecule has 0 unspecified atom stereocenters. The average molecular weight is 427 g/mol. The molecule has 0 bridgehead atoms. The van der Waals surface area contributed by atoms with Crippen molar-refractivity contribution in [3.63, 3.8) is 0 Å². The third-order valence-corrected chi connectivity index (χ3v) is 4.60. The number of nitrogens with zero attached hydrogens (tertiary/aromatic N) is 2. The molecule has 0 radical (unpaired) electrons. The van der Waals surface area contributed by atoms with Crippen LogP contribution in [0.1, 0.15) is 25.8 Å². The number of carbonyl (C=O) groups is 1. The summed E-state index contributed by atoms with van der Waals surface area (Å²) in [5.74, 6) is 1.35. The Morgan fingerprint density at radius 2 is 1.85 bits per heavy atom. The maximum absolute atomic E-state index is 12.4. The first-order valence-electron chi connectivity index (χ1n) is 8.50. The monoisotopic (exact) mass is 425 g/mol. The zero-order valence-corrected chi connectivity index (χ0v) is 18.0. The summed E-state index contributed by atoms with van der Waals surface area (Å²) < 4.78 is 5.40. The normalized spacial score (nSPS) is 15.8. The summed E-state index contributed by atoms with van der Waals surface area (Å²) in [7, 11) is 1.67. The highest BCUT2D eigenvalue weighted by molar-refractivity contribution is 6.30. The molecule has 150 valence electrons. The Bertz CT molecular complexity index is 565. The summed E-state index contributed by atoms with van der Waals surface area (Å²) in [6.45, 7) is 8.03. The van der Waals surface area contributed by atoms with Gasteiger partial charge in [0.1, 0.15) is 5.75 Å². The van der Waals surface area contributed by atoms with Gasteiger partial charge < -0.3 is 15.4 Å². The van der Waals surface area contributed by atoms with Crippen molar-refractivity contribution in [3.8, 4) is 5.75 Å². The van der Waals surface area contributed by atoms with E-state index in [1.807, 2.05) is 23.1 Å². The summed E-state index contributed by atoms with van der Waals surface area (Å²) >= 11 is 6.09. The summed E-state index contributed by atoms with van der Waals surface area (Å²) in [6, 6.07) is 5.28. The van der Waals surface area contributed by atoms with Crippen LogP contribution in [-0.2, 0) is 11.3 Å². The van der Waals surface area contributed by atoms with Gasteiger partial charge in [0.25, 0.3) is 0 Å².